The number of halogens is 1. The van der Waals surface area contributed by atoms with E-state index in [2.05, 4.69) is 9.88 Å². The average Bonchev–Trinajstić information content (AvgIpc) is 2.93. The molecule has 1 aromatic carbocycles. The van der Waals surface area contributed by atoms with Crippen LogP contribution in [-0.4, -0.2) is 50.2 Å². The molecule has 0 bridgehead atoms. The molecule has 130 valence electrons. The summed E-state index contributed by atoms with van der Waals surface area (Å²) >= 11 is 7.98. The van der Waals surface area contributed by atoms with Gasteiger partial charge < -0.3 is 0 Å². The van der Waals surface area contributed by atoms with Gasteiger partial charge in [-0.05, 0) is 36.4 Å². The summed E-state index contributed by atoms with van der Waals surface area (Å²) in [6.45, 7) is 3.74. The minimum absolute atomic E-state index is 0.0533. The average molecular weight is 375 g/mol. The number of hydrogen-bond acceptors (Lipinski definition) is 4. The number of fused-ring (bicyclic) bond motifs is 1. The van der Waals surface area contributed by atoms with Crippen molar-refractivity contribution < 1.29 is 0 Å². The van der Waals surface area contributed by atoms with Crippen LogP contribution in [0, 0.1) is 0 Å². The minimum Gasteiger partial charge on any atom is -0.300 e. The fourth-order valence-corrected chi connectivity index (χ4v) is 4.30. The van der Waals surface area contributed by atoms with Gasteiger partial charge in [-0.15, -0.1) is 0 Å². The summed E-state index contributed by atoms with van der Waals surface area (Å²) in [4.78, 5) is 19.9. The first-order chi connectivity index (χ1) is 12.2. The number of pyridine rings is 1. The van der Waals surface area contributed by atoms with Crippen molar-refractivity contribution in [3.05, 3.63) is 58.1 Å². The number of imidazole rings is 1. The van der Waals surface area contributed by atoms with Crippen LogP contribution >= 0.6 is 23.4 Å². The van der Waals surface area contributed by atoms with Gasteiger partial charge in [0.2, 0.25) is 0 Å². The van der Waals surface area contributed by atoms with Gasteiger partial charge >= 0.3 is 5.69 Å². The summed E-state index contributed by atoms with van der Waals surface area (Å²) in [7, 11) is 0. The monoisotopic (exact) mass is 374 g/mol. The van der Waals surface area contributed by atoms with E-state index in [-0.39, 0.29) is 5.69 Å². The maximum atomic E-state index is 13.1. The second kappa shape index (κ2) is 7.23. The first-order valence-corrected chi connectivity index (χ1v) is 9.89. The first kappa shape index (κ1) is 16.7. The summed E-state index contributed by atoms with van der Waals surface area (Å²) in [6, 6.07) is 11.1. The standard InChI is InChI=1S/C18H19ClN4OS/c19-14-3-5-15(6-4-14)23-17-16(2-1-7-20-17)22(18(23)24)9-8-21-10-12-25-13-11-21/h1-7H,8-13H2. The molecule has 0 unspecified atom stereocenters. The molecule has 7 heteroatoms. The van der Waals surface area contributed by atoms with E-state index in [1.807, 2.05) is 40.6 Å². The predicted octanol–water partition coefficient (Wildman–Crippen LogP) is 2.89. The Kier molecular flexibility index (Phi) is 4.83. The normalized spacial score (nSPS) is 15.7. The van der Waals surface area contributed by atoms with E-state index in [4.69, 9.17) is 11.6 Å². The molecule has 3 aromatic rings. The van der Waals surface area contributed by atoms with Gasteiger partial charge in [0, 0.05) is 48.9 Å². The van der Waals surface area contributed by atoms with Gasteiger partial charge in [-0.25, -0.2) is 14.3 Å². The van der Waals surface area contributed by atoms with Gasteiger partial charge in [0.1, 0.15) is 0 Å². The molecule has 1 aliphatic heterocycles. The topological polar surface area (TPSA) is 43.1 Å². The van der Waals surface area contributed by atoms with Gasteiger partial charge in [-0.2, -0.15) is 11.8 Å². The van der Waals surface area contributed by atoms with E-state index in [0.29, 0.717) is 17.2 Å². The highest BCUT2D eigenvalue weighted by molar-refractivity contribution is 7.99. The Morgan fingerprint density at radius 3 is 2.60 bits per heavy atom. The highest BCUT2D eigenvalue weighted by Crippen LogP contribution is 2.18. The van der Waals surface area contributed by atoms with E-state index in [0.717, 1.165) is 30.8 Å². The molecule has 3 heterocycles. The van der Waals surface area contributed by atoms with Crippen molar-refractivity contribution in [2.24, 2.45) is 0 Å². The van der Waals surface area contributed by atoms with Gasteiger partial charge in [-0.3, -0.25) is 9.47 Å². The van der Waals surface area contributed by atoms with Gasteiger partial charge in [0.15, 0.2) is 5.65 Å². The third-order valence-corrected chi connectivity index (χ3v) is 5.71. The lowest BCUT2D eigenvalue weighted by molar-refractivity contribution is 0.289. The van der Waals surface area contributed by atoms with Crippen LogP contribution in [0.4, 0.5) is 0 Å². The molecule has 1 saturated heterocycles. The summed E-state index contributed by atoms with van der Waals surface area (Å²) in [6.07, 6.45) is 1.72. The molecule has 0 aliphatic carbocycles. The van der Waals surface area contributed by atoms with Crippen molar-refractivity contribution in [2.75, 3.05) is 31.1 Å². The molecule has 0 radical (unpaired) electrons. The Morgan fingerprint density at radius 2 is 1.84 bits per heavy atom. The van der Waals surface area contributed by atoms with Crippen molar-refractivity contribution >= 4 is 34.5 Å². The molecule has 1 aliphatic rings. The van der Waals surface area contributed by atoms with E-state index in [1.54, 1.807) is 22.9 Å². The molecular formula is C18H19ClN4OS. The van der Waals surface area contributed by atoms with Gasteiger partial charge in [0.05, 0.1) is 11.2 Å². The Balaban J connectivity index is 1.73. The van der Waals surface area contributed by atoms with E-state index in [1.165, 1.54) is 11.5 Å². The lowest BCUT2D eigenvalue weighted by Crippen LogP contribution is -2.36. The zero-order valence-corrected chi connectivity index (χ0v) is 15.3. The number of aromatic nitrogens is 3. The number of thioether (sulfide) groups is 1. The van der Waals surface area contributed by atoms with Crippen molar-refractivity contribution in [3.63, 3.8) is 0 Å². The van der Waals surface area contributed by atoms with Crippen LogP contribution in [0.5, 0.6) is 0 Å². The molecule has 2 aromatic heterocycles. The number of rotatable bonds is 4. The largest absolute Gasteiger partial charge is 0.335 e. The quantitative estimate of drug-likeness (QED) is 0.704. The molecule has 0 atom stereocenters. The van der Waals surface area contributed by atoms with Gasteiger partial charge in [-0.1, -0.05) is 11.6 Å². The van der Waals surface area contributed by atoms with Gasteiger partial charge in [0.25, 0.3) is 0 Å². The summed E-state index contributed by atoms with van der Waals surface area (Å²) in [5.74, 6) is 2.34. The number of hydrogen-bond donors (Lipinski definition) is 0. The first-order valence-electron chi connectivity index (χ1n) is 8.36. The van der Waals surface area contributed by atoms with E-state index < -0.39 is 0 Å². The molecule has 0 spiro atoms. The zero-order valence-electron chi connectivity index (χ0n) is 13.8. The molecule has 4 rings (SSSR count). The van der Waals surface area contributed by atoms with Crippen LogP contribution in [0.3, 0.4) is 0 Å². The maximum Gasteiger partial charge on any atom is 0.335 e. The summed E-state index contributed by atoms with van der Waals surface area (Å²) in [5.41, 5.74) is 2.28. The van der Waals surface area contributed by atoms with Crippen molar-refractivity contribution in [3.8, 4) is 5.69 Å². The molecule has 5 nitrogen and oxygen atoms in total. The predicted molar refractivity (Wildman–Crippen MR) is 104 cm³/mol. The minimum atomic E-state index is -0.0533. The summed E-state index contributed by atoms with van der Waals surface area (Å²) in [5, 5.41) is 0.650. The molecule has 25 heavy (non-hydrogen) atoms. The second-order valence-corrected chi connectivity index (χ2v) is 7.71. The molecule has 0 N–H and O–H groups in total. The zero-order chi connectivity index (χ0) is 17.2. The molecule has 0 saturated carbocycles. The second-order valence-electron chi connectivity index (χ2n) is 6.05. The van der Waals surface area contributed by atoms with Crippen LogP contribution in [0.1, 0.15) is 0 Å². The lowest BCUT2D eigenvalue weighted by atomic mass is 10.3. The Bertz CT molecular complexity index is 928. The fraction of sp³-hybridized carbons (Fsp3) is 0.333. The van der Waals surface area contributed by atoms with Crippen molar-refractivity contribution in [2.45, 2.75) is 6.54 Å². The maximum absolute atomic E-state index is 13.1. The third-order valence-electron chi connectivity index (χ3n) is 4.52. The molecular weight excluding hydrogens is 356 g/mol. The van der Waals surface area contributed by atoms with Crippen molar-refractivity contribution in [1.82, 2.24) is 19.0 Å². The Labute approximate surface area is 155 Å². The number of benzene rings is 1. The van der Waals surface area contributed by atoms with Crippen molar-refractivity contribution in [1.29, 1.82) is 0 Å². The van der Waals surface area contributed by atoms with Crippen LogP contribution in [0.2, 0.25) is 5.02 Å². The molecule has 1 fully saturated rings. The summed E-state index contributed by atoms with van der Waals surface area (Å²) < 4.78 is 3.50. The van der Waals surface area contributed by atoms with Crippen LogP contribution < -0.4 is 5.69 Å². The van der Waals surface area contributed by atoms with E-state index >= 15 is 0 Å². The highest BCUT2D eigenvalue weighted by Gasteiger charge is 2.17. The van der Waals surface area contributed by atoms with Crippen LogP contribution in [-0.2, 0) is 6.54 Å². The number of nitrogens with zero attached hydrogens (tertiary/aromatic N) is 4. The third kappa shape index (κ3) is 3.34. The Morgan fingerprint density at radius 1 is 1.08 bits per heavy atom. The fourth-order valence-electron chi connectivity index (χ4n) is 3.19. The van der Waals surface area contributed by atoms with Crippen LogP contribution in [0.15, 0.2) is 47.4 Å². The molecule has 0 amide bonds. The highest BCUT2D eigenvalue weighted by atomic mass is 35.5. The lowest BCUT2D eigenvalue weighted by Gasteiger charge is -2.26. The van der Waals surface area contributed by atoms with Crippen LogP contribution in [0.25, 0.3) is 16.9 Å². The Hall–Kier alpha value is -1.76. The SMILES string of the molecule is O=c1n(CCN2CCSCC2)c2cccnc2n1-c1ccc(Cl)cc1. The van der Waals surface area contributed by atoms with E-state index in [9.17, 15) is 4.79 Å². The smallest absolute Gasteiger partial charge is 0.300 e.